The highest BCUT2D eigenvalue weighted by Crippen LogP contribution is 2.23. The van der Waals surface area contributed by atoms with E-state index in [0.29, 0.717) is 10.7 Å². The van der Waals surface area contributed by atoms with E-state index in [9.17, 15) is 9.59 Å². The summed E-state index contributed by atoms with van der Waals surface area (Å²) >= 11 is 6.07. The van der Waals surface area contributed by atoms with Gasteiger partial charge in [0.1, 0.15) is 5.56 Å². The molecule has 1 aromatic heterocycles. The van der Waals surface area contributed by atoms with E-state index in [4.69, 9.17) is 11.6 Å². The summed E-state index contributed by atoms with van der Waals surface area (Å²) in [6.07, 6.45) is 1.41. The second kappa shape index (κ2) is 5.97. The summed E-state index contributed by atoms with van der Waals surface area (Å²) in [5.74, 6) is -1.38. The Balaban J connectivity index is 2.61. The van der Waals surface area contributed by atoms with Gasteiger partial charge in [0.2, 0.25) is 0 Å². The van der Waals surface area contributed by atoms with Crippen molar-refractivity contribution in [2.75, 3.05) is 14.2 Å². The summed E-state index contributed by atoms with van der Waals surface area (Å²) < 4.78 is 10.7. The monoisotopic (exact) mass is 308 g/mol. The van der Waals surface area contributed by atoms with Gasteiger partial charge in [-0.1, -0.05) is 17.7 Å². The lowest BCUT2D eigenvalue weighted by molar-refractivity contribution is 0.0552. The van der Waals surface area contributed by atoms with E-state index in [0.717, 1.165) is 5.56 Å². The molecule has 2 aromatic rings. The third kappa shape index (κ3) is 2.75. The van der Waals surface area contributed by atoms with E-state index in [1.807, 2.05) is 6.92 Å². The molecule has 0 saturated heterocycles. The van der Waals surface area contributed by atoms with Gasteiger partial charge in [-0.3, -0.25) is 0 Å². The topological polar surface area (TPSA) is 70.4 Å². The first-order valence-electron chi connectivity index (χ1n) is 6.01. The maximum Gasteiger partial charge on any atom is 0.359 e. The van der Waals surface area contributed by atoms with Crippen LogP contribution in [0.25, 0.3) is 5.69 Å². The number of ether oxygens (including phenoxy) is 2. The molecular weight excluding hydrogens is 296 g/mol. The molecule has 21 heavy (non-hydrogen) atoms. The normalized spacial score (nSPS) is 10.3. The summed E-state index contributed by atoms with van der Waals surface area (Å²) in [6, 6.07) is 5.27. The van der Waals surface area contributed by atoms with Gasteiger partial charge in [-0.15, -0.1) is 0 Å². The zero-order valence-corrected chi connectivity index (χ0v) is 12.5. The van der Waals surface area contributed by atoms with Crippen molar-refractivity contribution in [1.29, 1.82) is 0 Å². The molecule has 0 aliphatic heterocycles. The van der Waals surface area contributed by atoms with E-state index >= 15 is 0 Å². The van der Waals surface area contributed by atoms with Gasteiger partial charge in [-0.25, -0.2) is 14.3 Å². The lowest BCUT2D eigenvalue weighted by Crippen LogP contribution is -2.10. The maximum absolute atomic E-state index is 11.7. The molecule has 1 heterocycles. The molecule has 7 heteroatoms. The smallest absolute Gasteiger partial charge is 0.359 e. The van der Waals surface area contributed by atoms with E-state index in [-0.39, 0.29) is 11.3 Å². The highest BCUT2D eigenvalue weighted by atomic mass is 35.5. The molecule has 110 valence electrons. The van der Waals surface area contributed by atoms with E-state index in [2.05, 4.69) is 14.6 Å². The predicted octanol–water partition coefficient (Wildman–Crippen LogP) is 2.41. The van der Waals surface area contributed by atoms with E-state index in [1.165, 1.54) is 25.1 Å². The third-order valence-corrected chi connectivity index (χ3v) is 3.39. The molecule has 1 aromatic carbocycles. The van der Waals surface area contributed by atoms with Gasteiger partial charge in [-0.05, 0) is 24.6 Å². The zero-order chi connectivity index (χ0) is 15.6. The van der Waals surface area contributed by atoms with Gasteiger partial charge in [0.25, 0.3) is 0 Å². The number of rotatable bonds is 3. The molecule has 0 fully saturated rings. The fourth-order valence-electron chi connectivity index (χ4n) is 1.85. The first kappa shape index (κ1) is 15.1. The molecule has 0 unspecified atom stereocenters. The van der Waals surface area contributed by atoms with Gasteiger partial charge in [0, 0.05) is 11.2 Å². The van der Waals surface area contributed by atoms with Gasteiger partial charge in [0.15, 0.2) is 5.69 Å². The van der Waals surface area contributed by atoms with E-state index < -0.39 is 11.9 Å². The predicted molar refractivity (Wildman–Crippen MR) is 76.0 cm³/mol. The minimum absolute atomic E-state index is 0.0312. The van der Waals surface area contributed by atoms with Gasteiger partial charge in [0.05, 0.1) is 19.9 Å². The van der Waals surface area contributed by atoms with Crippen LogP contribution in [-0.2, 0) is 9.47 Å². The van der Waals surface area contributed by atoms with Crippen molar-refractivity contribution in [2.45, 2.75) is 6.92 Å². The average Bonchev–Trinajstić information content (AvgIpc) is 2.93. The zero-order valence-electron chi connectivity index (χ0n) is 11.7. The van der Waals surface area contributed by atoms with Crippen LogP contribution in [0.1, 0.15) is 26.4 Å². The van der Waals surface area contributed by atoms with Crippen molar-refractivity contribution < 1.29 is 19.1 Å². The molecule has 0 atom stereocenters. The maximum atomic E-state index is 11.7. The van der Waals surface area contributed by atoms with Crippen molar-refractivity contribution in [3.05, 3.63) is 46.2 Å². The standard InChI is InChI=1S/C14H13ClN2O4/c1-8-10(15)5-4-6-11(8)17-7-9(13(18)20-2)12(16-17)14(19)21-3/h4-7H,1-3H3. The molecule has 0 saturated carbocycles. The Labute approximate surface area is 126 Å². The van der Waals surface area contributed by atoms with Crippen LogP contribution in [0.2, 0.25) is 5.02 Å². The van der Waals surface area contributed by atoms with Crippen LogP contribution in [-0.4, -0.2) is 35.9 Å². The summed E-state index contributed by atoms with van der Waals surface area (Å²) in [5.41, 5.74) is 1.35. The van der Waals surface area contributed by atoms with Crippen molar-refractivity contribution in [3.63, 3.8) is 0 Å². The SMILES string of the molecule is COC(=O)c1cn(-c2cccc(Cl)c2C)nc1C(=O)OC. The van der Waals surface area contributed by atoms with Crippen molar-refractivity contribution in [1.82, 2.24) is 9.78 Å². The summed E-state index contributed by atoms with van der Waals surface area (Å²) in [5, 5.41) is 4.66. The number of carbonyl (C=O) groups excluding carboxylic acids is 2. The number of hydrogen-bond acceptors (Lipinski definition) is 5. The number of carbonyl (C=O) groups is 2. The first-order chi connectivity index (χ1) is 9.99. The molecule has 0 radical (unpaired) electrons. The highest BCUT2D eigenvalue weighted by Gasteiger charge is 2.24. The van der Waals surface area contributed by atoms with Gasteiger partial charge >= 0.3 is 11.9 Å². The fraction of sp³-hybridized carbons (Fsp3) is 0.214. The number of benzene rings is 1. The molecule has 0 bridgehead atoms. The Kier molecular flexibility index (Phi) is 4.28. The first-order valence-corrected chi connectivity index (χ1v) is 6.39. The van der Waals surface area contributed by atoms with Crippen LogP contribution in [0.3, 0.4) is 0 Å². The summed E-state index contributed by atoms with van der Waals surface area (Å²) in [7, 11) is 2.44. The average molecular weight is 309 g/mol. The number of hydrogen-bond donors (Lipinski definition) is 0. The number of aromatic nitrogens is 2. The van der Waals surface area contributed by atoms with Crippen LogP contribution < -0.4 is 0 Å². The second-order valence-corrected chi connectivity index (χ2v) is 4.61. The van der Waals surface area contributed by atoms with Gasteiger partial charge in [-0.2, -0.15) is 5.10 Å². The lowest BCUT2D eigenvalue weighted by atomic mass is 10.2. The number of nitrogens with zero attached hydrogens (tertiary/aromatic N) is 2. The summed E-state index contributed by atoms with van der Waals surface area (Å²) in [4.78, 5) is 23.5. The molecule has 0 aliphatic carbocycles. The van der Waals surface area contributed by atoms with Crippen molar-refractivity contribution in [3.8, 4) is 5.69 Å². The Morgan fingerprint density at radius 1 is 1.19 bits per heavy atom. The molecular formula is C14H13ClN2O4. The quantitative estimate of drug-likeness (QED) is 0.814. The Morgan fingerprint density at radius 3 is 2.48 bits per heavy atom. The molecule has 6 nitrogen and oxygen atoms in total. The minimum Gasteiger partial charge on any atom is -0.465 e. The fourth-order valence-corrected chi connectivity index (χ4v) is 2.02. The number of esters is 2. The van der Waals surface area contributed by atoms with E-state index in [1.54, 1.807) is 18.2 Å². The Morgan fingerprint density at radius 2 is 1.86 bits per heavy atom. The molecule has 0 aliphatic rings. The largest absolute Gasteiger partial charge is 0.465 e. The Hall–Kier alpha value is -2.34. The van der Waals surface area contributed by atoms with Crippen LogP contribution in [0.15, 0.2) is 24.4 Å². The van der Waals surface area contributed by atoms with Crippen LogP contribution >= 0.6 is 11.6 Å². The number of methoxy groups -OCH3 is 2. The third-order valence-electron chi connectivity index (χ3n) is 2.98. The molecule has 0 spiro atoms. The van der Waals surface area contributed by atoms with Gasteiger partial charge < -0.3 is 9.47 Å². The summed E-state index contributed by atoms with van der Waals surface area (Å²) in [6.45, 7) is 1.81. The van der Waals surface area contributed by atoms with Crippen LogP contribution in [0.4, 0.5) is 0 Å². The van der Waals surface area contributed by atoms with Crippen LogP contribution in [0, 0.1) is 6.92 Å². The second-order valence-electron chi connectivity index (χ2n) is 4.20. The van der Waals surface area contributed by atoms with Crippen molar-refractivity contribution in [2.24, 2.45) is 0 Å². The highest BCUT2D eigenvalue weighted by molar-refractivity contribution is 6.31. The lowest BCUT2D eigenvalue weighted by Gasteiger charge is -2.06. The van der Waals surface area contributed by atoms with Crippen LogP contribution in [0.5, 0.6) is 0 Å². The minimum atomic E-state index is -0.714. The molecule has 2 rings (SSSR count). The molecule has 0 amide bonds. The Bertz CT molecular complexity index is 675. The van der Waals surface area contributed by atoms with Crippen molar-refractivity contribution >= 4 is 23.5 Å². The number of halogens is 1. The molecule has 0 N–H and O–H groups in total.